The summed E-state index contributed by atoms with van der Waals surface area (Å²) < 4.78 is 0.476. The molecular formula is C10H21NS. The van der Waals surface area contributed by atoms with Gasteiger partial charge in [0.25, 0.3) is 0 Å². The Balaban J connectivity index is 2.38. The molecule has 2 N–H and O–H groups in total. The van der Waals surface area contributed by atoms with E-state index in [1.54, 1.807) is 0 Å². The molecule has 0 aromatic carbocycles. The molecule has 0 radical (unpaired) electrons. The van der Waals surface area contributed by atoms with Gasteiger partial charge in [-0.1, -0.05) is 27.2 Å². The molecule has 0 aromatic rings. The van der Waals surface area contributed by atoms with Gasteiger partial charge in [0.05, 0.1) is 0 Å². The molecule has 0 saturated heterocycles. The van der Waals surface area contributed by atoms with Crippen LogP contribution in [0.3, 0.4) is 0 Å². The molecule has 1 nitrogen and oxygen atoms in total. The van der Waals surface area contributed by atoms with Crippen LogP contribution in [0.2, 0.25) is 0 Å². The lowest BCUT2D eigenvalue weighted by molar-refractivity contribution is 0.713. The van der Waals surface area contributed by atoms with Crippen LogP contribution in [-0.4, -0.2) is 16.5 Å². The minimum atomic E-state index is 0.476. The van der Waals surface area contributed by atoms with Crippen LogP contribution in [0.25, 0.3) is 0 Å². The summed E-state index contributed by atoms with van der Waals surface area (Å²) in [5, 5.41) is 0.782. The van der Waals surface area contributed by atoms with Crippen LogP contribution in [0.1, 0.15) is 40.0 Å². The zero-order valence-corrected chi connectivity index (χ0v) is 9.29. The van der Waals surface area contributed by atoms with E-state index >= 15 is 0 Å². The minimum Gasteiger partial charge on any atom is -0.329 e. The van der Waals surface area contributed by atoms with Crippen LogP contribution in [0.15, 0.2) is 0 Å². The highest BCUT2D eigenvalue weighted by molar-refractivity contribution is 8.01. The van der Waals surface area contributed by atoms with E-state index in [2.05, 4.69) is 32.5 Å². The Bertz CT molecular complexity index is 149. The summed E-state index contributed by atoms with van der Waals surface area (Å²) in [6, 6.07) is 0. The van der Waals surface area contributed by atoms with Gasteiger partial charge in [0.2, 0.25) is 0 Å². The first-order valence-electron chi connectivity index (χ1n) is 5.06. The van der Waals surface area contributed by atoms with Gasteiger partial charge in [-0.3, -0.25) is 0 Å². The van der Waals surface area contributed by atoms with Crippen molar-refractivity contribution < 1.29 is 0 Å². The van der Waals surface area contributed by atoms with Crippen molar-refractivity contribution in [2.24, 2.45) is 11.7 Å². The van der Waals surface area contributed by atoms with Gasteiger partial charge >= 0.3 is 0 Å². The minimum absolute atomic E-state index is 0.476. The Morgan fingerprint density at radius 1 is 1.58 bits per heavy atom. The first-order chi connectivity index (χ1) is 5.68. The molecule has 0 amide bonds. The van der Waals surface area contributed by atoms with Gasteiger partial charge < -0.3 is 5.73 Å². The molecule has 0 aromatic heterocycles. The molecule has 0 aliphatic heterocycles. The van der Waals surface area contributed by atoms with Gasteiger partial charge in [-0.15, -0.1) is 0 Å². The predicted molar refractivity (Wildman–Crippen MR) is 57.5 cm³/mol. The lowest BCUT2D eigenvalue weighted by atomic mass is 10.2. The summed E-state index contributed by atoms with van der Waals surface area (Å²) >= 11 is 2.12. The molecule has 1 saturated carbocycles. The van der Waals surface area contributed by atoms with Crippen LogP contribution in [-0.2, 0) is 0 Å². The van der Waals surface area contributed by atoms with Crippen LogP contribution < -0.4 is 5.73 Å². The van der Waals surface area contributed by atoms with Crippen LogP contribution in [0.4, 0.5) is 0 Å². The van der Waals surface area contributed by atoms with Crippen molar-refractivity contribution in [3.05, 3.63) is 0 Å². The second kappa shape index (κ2) is 4.01. The van der Waals surface area contributed by atoms with Gasteiger partial charge in [-0.05, 0) is 18.8 Å². The highest BCUT2D eigenvalue weighted by atomic mass is 32.2. The van der Waals surface area contributed by atoms with Gasteiger partial charge in [0, 0.05) is 16.5 Å². The lowest BCUT2D eigenvalue weighted by Gasteiger charge is -2.18. The summed E-state index contributed by atoms with van der Waals surface area (Å²) in [4.78, 5) is 0. The molecular weight excluding hydrogens is 166 g/mol. The second-order valence-electron chi connectivity index (χ2n) is 3.91. The Kier molecular flexibility index (Phi) is 3.47. The van der Waals surface area contributed by atoms with Crippen LogP contribution in [0.5, 0.6) is 0 Å². The zero-order valence-electron chi connectivity index (χ0n) is 8.47. The monoisotopic (exact) mass is 187 g/mol. The highest BCUT2D eigenvalue weighted by Gasteiger charge is 2.52. The van der Waals surface area contributed by atoms with Crippen molar-refractivity contribution >= 4 is 11.8 Å². The molecule has 12 heavy (non-hydrogen) atoms. The van der Waals surface area contributed by atoms with Crippen molar-refractivity contribution in [3.63, 3.8) is 0 Å². The maximum atomic E-state index is 5.82. The number of rotatable bonds is 5. The number of hydrogen-bond donors (Lipinski definition) is 1. The first kappa shape index (κ1) is 10.4. The average molecular weight is 187 g/mol. The summed E-state index contributed by atoms with van der Waals surface area (Å²) in [5.74, 6) is 0.904. The van der Waals surface area contributed by atoms with E-state index in [4.69, 9.17) is 5.73 Å². The van der Waals surface area contributed by atoms with Crippen molar-refractivity contribution in [1.82, 2.24) is 0 Å². The lowest BCUT2D eigenvalue weighted by Crippen LogP contribution is -2.23. The molecule has 1 aliphatic carbocycles. The highest BCUT2D eigenvalue weighted by Crippen LogP contribution is 2.56. The Labute approximate surface area is 80.5 Å². The summed E-state index contributed by atoms with van der Waals surface area (Å²) in [7, 11) is 0. The molecule has 0 heterocycles. The Morgan fingerprint density at radius 2 is 2.25 bits per heavy atom. The third-order valence-electron chi connectivity index (χ3n) is 3.02. The van der Waals surface area contributed by atoms with E-state index in [0.717, 1.165) is 17.7 Å². The Morgan fingerprint density at radius 3 is 2.58 bits per heavy atom. The van der Waals surface area contributed by atoms with Gasteiger partial charge in [0.1, 0.15) is 0 Å². The van der Waals surface area contributed by atoms with Gasteiger partial charge in [0.15, 0.2) is 0 Å². The first-order valence-corrected chi connectivity index (χ1v) is 5.94. The summed E-state index contributed by atoms with van der Waals surface area (Å²) in [6.45, 7) is 7.72. The molecule has 1 rings (SSSR count). The maximum Gasteiger partial charge on any atom is 0.0316 e. The average Bonchev–Trinajstić information content (AvgIpc) is 2.79. The van der Waals surface area contributed by atoms with Gasteiger partial charge in [-0.25, -0.2) is 0 Å². The van der Waals surface area contributed by atoms with E-state index < -0.39 is 0 Å². The largest absolute Gasteiger partial charge is 0.329 e. The van der Waals surface area contributed by atoms with Crippen molar-refractivity contribution in [3.8, 4) is 0 Å². The third-order valence-corrected chi connectivity index (χ3v) is 4.90. The molecule has 0 bridgehead atoms. The van der Waals surface area contributed by atoms with E-state index in [1.807, 2.05) is 0 Å². The van der Waals surface area contributed by atoms with E-state index in [0.29, 0.717) is 4.75 Å². The van der Waals surface area contributed by atoms with Crippen molar-refractivity contribution in [1.29, 1.82) is 0 Å². The molecule has 72 valence electrons. The molecule has 2 heteroatoms. The van der Waals surface area contributed by atoms with E-state index in [9.17, 15) is 0 Å². The molecule has 3 unspecified atom stereocenters. The smallest absolute Gasteiger partial charge is 0.0316 e. The van der Waals surface area contributed by atoms with Crippen LogP contribution in [0, 0.1) is 5.92 Å². The van der Waals surface area contributed by atoms with Crippen molar-refractivity contribution in [2.75, 3.05) is 6.54 Å². The summed E-state index contributed by atoms with van der Waals surface area (Å²) in [5.41, 5.74) is 5.82. The van der Waals surface area contributed by atoms with Crippen molar-refractivity contribution in [2.45, 2.75) is 50.0 Å². The van der Waals surface area contributed by atoms with Gasteiger partial charge in [-0.2, -0.15) is 11.8 Å². The zero-order chi connectivity index (χ0) is 9.19. The SMILES string of the molecule is CCC(C)SC1(CN)CC1CC. The standard InChI is InChI=1S/C10H21NS/c1-4-8(3)12-10(7-11)6-9(10)5-2/h8-9H,4-7,11H2,1-3H3. The predicted octanol–water partition coefficient (Wildman–Crippen LogP) is 2.65. The Hall–Kier alpha value is 0.310. The quantitative estimate of drug-likeness (QED) is 0.716. The normalized spacial score (nSPS) is 36.5. The number of thioether (sulfide) groups is 1. The summed E-state index contributed by atoms with van der Waals surface area (Å²) in [6.07, 6.45) is 3.93. The van der Waals surface area contributed by atoms with E-state index in [-0.39, 0.29) is 0 Å². The number of nitrogens with two attached hydrogens (primary N) is 1. The fraction of sp³-hybridized carbons (Fsp3) is 1.00. The topological polar surface area (TPSA) is 26.0 Å². The fourth-order valence-corrected chi connectivity index (χ4v) is 3.52. The maximum absolute atomic E-state index is 5.82. The molecule has 0 spiro atoms. The van der Waals surface area contributed by atoms with E-state index in [1.165, 1.54) is 19.3 Å². The third kappa shape index (κ3) is 1.97. The van der Waals surface area contributed by atoms with Crippen LogP contribution >= 0.6 is 11.8 Å². The fourth-order valence-electron chi connectivity index (χ4n) is 1.80. The molecule has 1 fully saturated rings. The second-order valence-corrected chi connectivity index (χ2v) is 5.77. The molecule has 1 aliphatic rings. The number of hydrogen-bond acceptors (Lipinski definition) is 2. The molecule has 3 atom stereocenters.